The van der Waals surface area contributed by atoms with Gasteiger partial charge in [-0.3, -0.25) is 0 Å². The second-order valence-corrected chi connectivity index (χ2v) is 3.50. The molecule has 0 radical (unpaired) electrons. The first-order chi connectivity index (χ1) is 5.76. The molecule has 0 aliphatic heterocycles. The predicted octanol–water partition coefficient (Wildman–Crippen LogP) is 1.17. The molecule has 1 aliphatic carbocycles. The molecule has 0 heterocycles. The monoisotopic (exact) mass is 167 g/mol. The molecular formula is C10H17NO. The average Bonchev–Trinajstić information content (AvgIpc) is 1.96. The molecule has 0 spiro atoms. The molecule has 2 heteroatoms. The van der Waals surface area contributed by atoms with Crippen molar-refractivity contribution >= 4 is 0 Å². The Balaban J connectivity index is 2.07. The zero-order valence-electron chi connectivity index (χ0n) is 7.84. The molecule has 68 valence electrons. The summed E-state index contributed by atoms with van der Waals surface area (Å²) in [4.78, 5) is 0. The van der Waals surface area contributed by atoms with Gasteiger partial charge in [0.15, 0.2) is 0 Å². The molecule has 0 saturated heterocycles. The predicted molar refractivity (Wildman–Crippen MR) is 49.9 cm³/mol. The van der Waals surface area contributed by atoms with Gasteiger partial charge >= 0.3 is 0 Å². The van der Waals surface area contributed by atoms with Crippen LogP contribution in [0.2, 0.25) is 0 Å². The Labute approximate surface area is 74.7 Å². The van der Waals surface area contributed by atoms with Crippen LogP contribution >= 0.6 is 0 Å². The van der Waals surface area contributed by atoms with Gasteiger partial charge in [0.1, 0.15) is 0 Å². The highest BCUT2D eigenvalue weighted by Crippen LogP contribution is 2.22. The third kappa shape index (κ3) is 2.51. The highest BCUT2D eigenvalue weighted by Gasteiger charge is 2.29. The van der Waals surface area contributed by atoms with E-state index in [0.717, 1.165) is 19.3 Å². The number of rotatable bonds is 4. The Morgan fingerprint density at radius 3 is 2.83 bits per heavy atom. The van der Waals surface area contributed by atoms with Crippen molar-refractivity contribution in [2.24, 2.45) is 0 Å². The van der Waals surface area contributed by atoms with E-state index in [1.807, 2.05) is 0 Å². The number of hydrogen-bond acceptors (Lipinski definition) is 2. The SMILES string of the molecule is C#CCC(C)NC1CC(OC)C1. The van der Waals surface area contributed by atoms with Crippen molar-refractivity contribution in [1.29, 1.82) is 0 Å². The Morgan fingerprint density at radius 1 is 1.67 bits per heavy atom. The average molecular weight is 167 g/mol. The maximum atomic E-state index is 5.20. The summed E-state index contributed by atoms with van der Waals surface area (Å²) in [5, 5.41) is 3.46. The van der Waals surface area contributed by atoms with E-state index in [0.29, 0.717) is 18.2 Å². The van der Waals surface area contributed by atoms with E-state index >= 15 is 0 Å². The van der Waals surface area contributed by atoms with Gasteiger partial charge in [-0.2, -0.15) is 0 Å². The number of methoxy groups -OCH3 is 1. The standard InChI is InChI=1S/C10H17NO/c1-4-5-8(2)11-9-6-10(7-9)12-3/h1,8-11H,5-7H2,2-3H3. The van der Waals surface area contributed by atoms with E-state index in [1.165, 1.54) is 0 Å². The summed E-state index contributed by atoms with van der Waals surface area (Å²) in [6.07, 6.45) is 8.75. The molecular weight excluding hydrogens is 150 g/mol. The fourth-order valence-corrected chi connectivity index (χ4v) is 1.53. The number of terminal acetylenes is 1. The van der Waals surface area contributed by atoms with Crippen LogP contribution in [-0.4, -0.2) is 25.3 Å². The zero-order chi connectivity index (χ0) is 8.97. The second kappa shape index (κ2) is 4.49. The summed E-state index contributed by atoms with van der Waals surface area (Å²) in [6.45, 7) is 2.12. The van der Waals surface area contributed by atoms with Crippen LogP contribution in [-0.2, 0) is 4.74 Å². The Morgan fingerprint density at radius 2 is 2.33 bits per heavy atom. The van der Waals surface area contributed by atoms with Gasteiger partial charge in [-0.1, -0.05) is 0 Å². The molecule has 1 aliphatic rings. The van der Waals surface area contributed by atoms with Gasteiger partial charge in [-0.05, 0) is 19.8 Å². The van der Waals surface area contributed by atoms with Crippen molar-refractivity contribution in [2.75, 3.05) is 7.11 Å². The summed E-state index contributed by atoms with van der Waals surface area (Å²) in [5.74, 6) is 2.65. The highest BCUT2D eigenvalue weighted by molar-refractivity contribution is 4.92. The molecule has 1 N–H and O–H groups in total. The molecule has 1 atom stereocenters. The van der Waals surface area contributed by atoms with E-state index in [4.69, 9.17) is 11.2 Å². The number of nitrogens with one attached hydrogen (secondary N) is 1. The van der Waals surface area contributed by atoms with Crippen molar-refractivity contribution in [3.05, 3.63) is 0 Å². The lowest BCUT2D eigenvalue weighted by Gasteiger charge is -2.36. The number of ether oxygens (including phenoxy) is 1. The van der Waals surface area contributed by atoms with Gasteiger partial charge < -0.3 is 10.1 Å². The minimum atomic E-state index is 0.442. The zero-order valence-corrected chi connectivity index (χ0v) is 7.84. The van der Waals surface area contributed by atoms with Crippen LogP contribution in [0.25, 0.3) is 0 Å². The van der Waals surface area contributed by atoms with Gasteiger partial charge in [0, 0.05) is 25.6 Å². The quantitative estimate of drug-likeness (QED) is 0.634. The Kier molecular flexibility index (Phi) is 3.58. The third-order valence-corrected chi connectivity index (χ3v) is 2.37. The van der Waals surface area contributed by atoms with Gasteiger partial charge in [0.05, 0.1) is 6.10 Å². The van der Waals surface area contributed by atoms with Crippen molar-refractivity contribution in [1.82, 2.24) is 5.32 Å². The maximum absolute atomic E-state index is 5.20. The van der Waals surface area contributed by atoms with E-state index < -0.39 is 0 Å². The van der Waals surface area contributed by atoms with Crippen LogP contribution in [0.5, 0.6) is 0 Å². The van der Waals surface area contributed by atoms with E-state index in [-0.39, 0.29) is 0 Å². The van der Waals surface area contributed by atoms with Crippen molar-refractivity contribution < 1.29 is 4.74 Å². The molecule has 12 heavy (non-hydrogen) atoms. The van der Waals surface area contributed by atoms with Crippen LogP contribution in [0.4, 0.5) is 0 Å². The first-order valence-electron chi connectivity index (χ1n) is 4.48. The van der Waals surface area contributed by atoms with E-state index in [9.17, 15) is 0 Å². The molecule has 2 nitrogen and oxygen atoms in total. The van der Waals surface area contributed by atoms with Crippen LogP contribution in [0.3, 0.4) is 0 Å². The summed E-state index contributed by atoms with van der Waals surface area (Å²) in [6, 6.07) is 1.07. The maximum Gasteiger partial charge on any atom is 0.0601 e. The van der Waals surface area contributed by atoms with Crippen molar-refractivity contribution in [3.63, 3.8) is 0 Å². The second-order valence-electron chi connectivity index (χ2n) is 3.50. The lowest BCUT2D eigenvalue weighted by molar-refractivity contribution is 0.0150. The van der Waals surface area contributed by atoms with Crippen molar-refractivity contribution in [3.8, 4) is 12.3 Å². The molecule has 0 amide bonds. The van der Waals surface area contributed by atoms with Gasteiger partial charge in [-0.15, -0.1) is 12.3 Å². The minimum absolute atomic E-state index is 0.442. The summed E-state index contributed by atoms with van der Waals surface area (Å²) in [5.41, 5.74) is 0. The van der Waals surface area contributed by atoms with E-state index in [1.54, 1.807) is 7.11 Å². The van der Waals surface area contributed by atoms with E-state index in [2.05, 4.69) is 18.2 Å². The Bertz CT molecular complexity index is 167. The first-order valence-corrected chi connectivity index (χ1v) is 4.48. The van der Waals surface area contributed by atoms with Gasteiger partial charge in [0.2, 0.25) is 0 Å². The normalized spacial score (nSPS) is 30.4. The molecule has 0 aromatic heterocycles. The molecule has 0 bridgehead atoms. The fourth-order valence-electron chi connectivity index (χ4n) is 1.53. The fraction of sp³-hybridized carbons (Fsp3) is 0.800. The summed E-state index contributed by atoms with van der Waals surface area (Å²) in [7, 11) is 1.77. The topological polar surface area (TPSA) is 21.3 Å². The smallest absolute Gasteiger partial charge is 0.0601 e. The van der Waals surface area contributed by atoms with Crippen LogP contribution < -0.4 is 5.32 Å². The minimum Gasteiger partial charge on any atom is -0.381 e. The van der Waals surface area contributed by atoms with Crippen molar-refractivity contribution in [2.45, 2.75) is 44.4 Å². The largest absolute Gasteiger partial charge is 0.381 e. The van der Waals surface area contributed by atoms with Crippen LogP contribution in [0, 0.1) is 12.3 Å². The summed E-state index contributed by atoms with van der Waals surface area (Å²) < 4.78 is 5.18. The molecule has 0 aromatic rings. The Hall–Kier alpha value is -0.520. The lowest BCUT2D eigenvalue weighted by atomic mass is 9.88. The first kappa shape index (κ1) is 9.57. The lowest BCUT2D eigenvalue weighted by Crippen LogP contribution is -2.48. The number of hydrogen-bond donors (Lipinski definition) is 1. The van der Waals surface area contributed by atoms with Crippen LogP contribution in [0.15, 0.2) is 0 Å². The molecule has 1 rings (SSSR count). The van der Waals surface area contributed by atoms with Gasteiger partial charge in [0.25, 0.3) is 0 Å². The van der Waals surface area contributed by atoms with Crippen LogP contribution in [0.1, 0.15) is 26.2 Å². The molecule has 0 aromatic carbocycles. The molecule has 1 saturated carbocycles. The molecule has 1 unspecified atom stereocenters. The highest BCUT2D eigenvalue weighted by atomic mass is 16.5. The third-order valence-electron chi connectivity index (χ3n) is 2.37. The summed E-state index contributed by atoms with van der Waals surface area (Å²) >= 11 is 0. The molecule has 1 fully saturated rings. The van der Waals surface area contributed by atoms with Gasteiger partial charge in [-0.25, -0.2) is 0 Å².